The molecule has 0 radical (unpaired) electrons. The van der Waals surface area contributed by atoms with Gasteiger partial charge in [0.1, 0.15) is 0 Å². The number of piperidine rings is 1. The summed E-state index contributed by atoms with van der Waals surface area (Å²) >= 11 is 0. The first-order valence-corrected chi connectivity index (χ1v) is 12.8. The maximum atomic E-state index is 13.1. The fourth-order valence-electron chi connectivity index (χ4n) is 8.01. The van der Waals surface area contributed by atoms with Gasteiger partial charge < -0.3 is 15.0 Å². The molecule has 0 spiro atoms. The summed E-state index contributed by atoms with van der Waals surface area (Å²) in [5.74, 6) is 3.19. The highest BCUT2D eigenvalue weighted by molar-refractivity contribution is 5.88. The van der Waals surface area contributed by atoms with E-state index in [-0.39, 0.29) is 23.8 Å². The van der Waals surface area contributed by atoms with Crippen LogP contribution in [-0.2, 0) is 14.3 Å². The van der Waals surface area contributed by atoms with Crippen LogP contribution in [0.15, 0.2) is 0 Å². The molecule has 0 aromatic carbocycles. The monoisotopic (exact) mass is 431 g/mol. The van der Waals surface area contributed by atoms with Gasteiger partial charge in [-0.3, -0.25) is 14.5 Å². The average molecular weight is 432 g/mol. The number of rotatable bonds is 5. The minimum Gasteiger partial charge on any atom is -0.373 e. The van der Waals surface area contributed by atoms with Gasteiger partial charge in [0.2, 0.25) is 11.8 Å². The Morgan fingerprint density at radius 2 is 1.48 bits per heavy atom. The number of amides is 2. The molecule has 2 aliphatic heterocycles. The van der Waals surface area contributed by atoms with Crippen molar-refractivity contribution in [3.63, 3.8) is 0 Å². The standard InChI is InChI=1S/C25H41N3O3/c1-17-14-27(15-18(2)31-17)16-19-3-5-28(6-4-19)23(29)13-26-24(30)25-10-20-7-21(11-25)9-22(8-20)12-25/h17-22H,3-16H2,1-2H3,(H,26,30). The van der Waals surface area contributed by atoms with Gasteiger partial charge in [0.25, 0.3) is 0 Å². The largest absolute Gasteiger partial charge is 0.373 e. The molecule has 2 unspecified atom stereocenters. The van der Waals surface area contributed by atoms with Crippen molar-refractivity contribution in [2.45, 2.75) is 77.4 Å². The lowest BCUT2D eigenvalue weighted by Gasteiger charge is -2.55. The Morgan fingerprint density at radius 1 is 0.935 bits per heavy atom. The van der Waals surface area contributed by atoms with Gasteiger partial charge in [-0.25, -0.2) is 0 Å². The summed E-state index contributed by atoms with van der Waals surface area (Å²) in [7, 11) is 0. The third kappa shape index (κ3) is 4.66. The summed E-state index contributed by atoms with van der Waals surface area (Å²) in [5.41, 5.74) is -0.158. The maximum Gasteiger partial charge on any atom is 0.241 e. The molecule has 4 saturated carbocycles. The molecule has 4 bridgehead atoms. The molecule has 2 amide bonds. The first kappa shape index (κ1) is 21.7. The molecule has 6 fully saturated rings. The van der Waals surface area contributed by atoms with Crippen molar-refractivity contribution in [3.8, 4) is 0 Å². The molecule has 6 nitrogen and oxygen atoms in total. The molecule has 1 N–H and O–H groups in total. The summed E-state index contributed by atoms with van der Waals surface area (Å²) < 4.78 is 5.85. The van der Waals surface area contributed by atoms with Crippen molar-refractivity contribution in [2.75, 3.05) is 39.3 Å². The molecule has 0 aromatic rings. The zero-order valence-corrected chi connectivity index (χ0v) is 19.5. The lowest BCUT2D eigenvalue weighted by Crippen LogP contribution is -2.55. The van der Waals surface area contributed by atoms with E-state index < -0.39 is 0 Å². The van der Waals surface area contributed by atoms with E-state index in [9.17, 15) is 9.59 Å². The average Bonchev–Trinajstić information content (AvgIpc) is 2.70. The molecule has 2 atom stereocenters. The molecule has 174 valence electrons. The van der Waals surface area contributed by atoms with E-state index in [4.69, 9.17) is 4.74 Å². The van der Waals surface area contributed by atoms with Crippen LogP contribution in [0.4, 0.5) is 0 Å². The maximum absolute atomic E-state index is 13.1. The van der Waals surface area contributed by atoms with Crippen LogP contribution in [0, 0.1) is 29.1 Å². The van der Waals surface area contributed by atoms with Crippen LogP contribution in [-0.4, -0.2) is 73.1 Å². The van der Waals surface area contributed by atoms with E-state index in [1.165, 1.54) is 19.3 Å². The highest BCUT2D eigenvalue weighted by Crippen LogP contribution is 2.60. The van der Waals surface area contributed by atoms with Gasteiger partial charge in [-0.1, -0.05) is 0 Å². The molecule has 4 aliphatic carbocycles. The topological polar surface area (TPSA) is 61.9 Å². The molecule has 2 saturated heterocycles. The smallest absolute Gasteiger partial charge is 0.241 e. The fraction of sp³-hybridized carbons (Fsp3) is 0.920. The Balaban J connectivity index is 1.06. The number of nitrogens with one attached hydrogen (secondary N) is 1. The normalized spacial score (nSPS) is 40.8. The highest BCUT2D eigenvalue weighted by Gasteiger charge is 2.54. The number of morpholine rings is 1. The van der Waals surface area contributed by atoms with Crippen molar-refractivity contribution < 1.29 is 14.3 Å². The van der Waals surface area contributed by atoms with Gasteiger partial charge in [0, 0.05) is 38.1 Å². The Bertz CT molecular complexity index is 642. The summed E-state index contributed by atoms with van der Waals surface area (Å²) in [6, 6.07) is 0. The number of carbonyl (C=O) groups is 2. The summed E-state index contributed by atoms with van der Waals surface area (Å²) in [6.45, 7) is 9.29. The van der Waals surface area contributed by atoms with Gasteiger partial charge in [-0.2, -0.15) is 0 Å². The van der Waals surface area contributed by atoms with Crippen LogP contribution in [0.2, 0.25) is 0 Å². The van der Waals surface area contributed by atoms with Crippen molar-refractivity contribution >= 4 is 11.8 Å². The molecular weight excluding hydrogens is 390 g/mol. The predicted molar refractivity (Wildman–Crippen MR) is 119 cm³/mol. The Kier molecular flexibility index (Phi) is 6.06. The number of hydrogen-bond donors (Lipinski definition) is 1. The Hall–Kier alpha value is -1.14. The van der Waals surface area contributed by atoms with E-state index >= 15 is 0 Å². The third-order valence-electron chi connectivity index (χ3n) is 8.90. The van der Waals surface area contributed by atoms with Crippen LogP contribution in [0.5, 0.6) is 0 Å². The van der Waals surface area contributed by atoms with Gasteiger partial charge in [0.15, 0.2) is 0 Å². The van der Waals surface area contributed by atoms with Crippen molar-refractivity contribution in [2.24, 2.45) is 29.1 Å². The second-order valence-corrected chi connectivity index (χ2v) is 11.7. The minimum absolute atomic E-state index is 0.102. The first-order chi connectivity index (χ1) is 14.9. The van der Waals surface area contributed by atoms with E-state index in [1.807, 2.05) is 4.90 Å². The number of hydrogen-bond acceptors (Lipinski definition) is 4. The van der Waals surface area contributed by atoms with E-state index in [0.717, 1.165) is 82.6 Å². The quantitative estimate of drug-likeness (QED) is 0.727. The van der Waals surface area contributed by atoms with E-state index in [1.54, 1.807) is 0 Å². The molecule has 31 heavy (non-hydrogen) atoms. The summed E-state index contributed by atoms with van der Waals surface area (Å²) in [4.78, 5) is 30.4. The highest BCUT2D eigenvalue weighted by atomic mass is 16.5. The second kappa shape index (κ2) is 8.66. The molecule has 2 heterocycles. The van der Waals surface area contributed by atoms with Crippen LogP contribution in [0.3, 0.4) is 0 Å². The van der Waals surface area contributed by atoms with Gasteiger partial charge in [0.05, 0.1) is 18.8 Å². The summed E-state index contributed by atoms with van der Waals surface area (Å²) in [6.07, 6.45) is 9.93. The number of carbonyl (C=O) groups excluding carboxylic acids is 2. The number of nitrogens with zero attached hydrogens (tertiary/aromatic N) is 2. The zero-order chi connectivity index (χ0) is 21.6. The molecule has 0 aromatic heterocycles. The minimum atomic E-state index is -0.158. The first-order valence-electron chi connectivity index (χ1n) is 12.8. The molecule has 6 rings (SSSR count). The van der Waals surface area contributed by atoms with Crippen LogP contribution in [0.25, 0.3) is 0 Å². The van der Waals surface area contributed by atoms with Crippen molar-refractivity contribution in [1.82, 2.24) is 15.1 Å². The Labute approximate surface area is 187 Å². The predicted octanol–water partition coefficient (Wildman–Crippen LogP) is 2.67. The van der Waals surface area contributed by atoms with Gasteiger partial charge in [-0.15, -0.1) is 0 Å². The second-order valence-electron chi connectivity index (χ2n) is 11.7. The van der Waals surface area contributed by atoms with Gasteiger partial charge in [-0.05, 0) is 88.9 Å². The van der Waals surface area contributed by atoms with E-state index in [2.05, 4.69) is 24.1 Å². The third-order valence-corrected chi connectivity index (χ3v) is 8.90. The van der Waals surface area contributed by atoms with Crippen LogP contribution < -0.4 is 5.32 Å². The lowest BCUT2D eigenvalue weighted by atomic mass is 9.49. The van der Waals surface area contributed by atoms with Crippen LogP contribution >= 0.6 is 0 Å². The zero-order valence-electron chi connectivity index (χ0n) is 19.5. The number of ether oxygens (including phenoxy) is 1. The number of likely N-dealkylation sites (tertiary alicyclic amines) is 1. The molecular formula is C25H41N3O3. The lowest BCUT2D eigenvalue weighted by molar-refractivity contribution is -0.148. The Morgan fingerprint density at radius 3 is 2.03 bits per heavy atom. The summed E-state index contributed by atoms with van der Waals surface area (Å²) in [5, 5.41) is 3.07. The van der Waals surface area contributed by atoms with Gasteiger partial charge >= 0.3 is 0 Å². The molecule has 6 aliphatic rings. The van der Waals surface area contributed by atoms with Crippen molar-refractivity contribution in [3.05, 3.63) is 0 Å². The van der Waals surface area contributed by atoms with Crippen molar-refractivity contribution in [1.29, 1.82) is 0 Å². The SMILES string of the molecule is CC1CN(CC2CCN(C(=O)CNC(=O)C34CC5CC(CC(C5)C3)C4)CC2)CC(C)O1. The fourth-order valence-corrected chi connectivity index (χ4v) is 8.01. The molecule has 6 heteroatoms. The van der Waals surface area contributed by atoms with Crippen LogP contribution in [0.1, 0.15) is 65.2 Å². The van der Waals surface area contributed by atoms with E-state index in [0.29, 0.717) is 18.1 Å².